The summed E-state index contributed by atoms with van der Waals surface area (Å²) in [5.41, 5.74) is 1.30. The maximum Gasteiger partial charge on any atom is 0.317 e. The average Bonchev–Trinajstić information content (AvgIpc) is 2.78. The van der Waals surface area contributed by atoms with Crippen LogP contribution < -0.4 is 0 Å². The molecule has 1 saturated heterocycles. The number of aliphatic carboxylic acids is 1. The van der Waals surface area contributed by atoms with Gasteiger partial charge in [0.15, 0.2) is 0 Å². The second-order valence-corrected chi connectivity index (χ2v) is 4.97. The number of hydrogen-bond donors (Lipinski definition) is 1. The van der Waals surface area contributed by atoms with Crippen molar-refractivity contribution in [3.63, 3.8) is 0 Å². The molecule has 4 heteroatoms. The van der Waals surface area contributed by atoms with E-state index in [1.165, 1.54) is 5.56 Å². The van der Waals surface area contributed by atoms with E-state index in [-0.39, 0.29) is 6.54 Å². The van der Waals surface area contributed by atoms with E-state index in [2.05, 4.69) is 36.2 Å². The van der Waals surface area contributed by atoms with Crippen molar-refractivity contribution in [3.05, 3.63) is 35.9 Å². The second-order valence-electron chi connectivity index (χ2n) is 4.97. The van der Waals surface area contributed by atoms with Gasteiger partial charge in [0.25, 0.3) is 0 Å². The molecule has 1 aromatic carbocycles. The molecule has 0 unspecified atom stereocenters. The highest BCUT2D eigenvalue weighted by atomic mass is 16.4. The average molecular weight is 248 g/mol. The molecule has 0 aliphatic carbocycles. The van der Waals surface area contributed by atoms with Gasteiger partial charge in [-0.25, -0.2) is 0 Å². The summed E-state index contributed by atoms with van der Waals surface area (Å²) in [6.07, 6.45) is 1.05. The number of rotatable bonds is 5. The van der Waals surface area contributed by atoms with Crippen LogP contribution in [-0.2, 0) is 11.3 Å². The van der Waals surface area contributed by atoms with Crippen LogP contribution in [0.25, 0.3) is 0 Å². The highest BCUT2D eigenvalue weighted by molar-refractivity contribution is 5.69. The van der Waals surface area contributed by atoms with Crippen molar-refractivity contribution in [1.29, 1.82) is 0 Å². The van der Waals surface area contributed by atoms with Gasteiger partial charge in [0.2, 0.25) is 0 Å². The maximum absolute atomic E-state index is 10.7. The summed E-state index contributed by atoms with van der Waals surface area (Å²) in [6.45, 7) is 2.83. The van der Waals surface area contributed by atoms with Gasteiger partial charge in [-0.3, -0.25) is 14.6 Å². The van der Waals surface area contributed by atoms with Crippen molar-refractivity contribution in [1.82, 2.24) is 9.80 Å². The second kappa shape index (κ2) is 5.98. The highest BCUT2D eigenvalue weighted by Gasteiger charge is 2.26. The number of nitrogens with zero attached hydrogens (tertiary/aromatic N) is 2. The van der Waals surface area contributed by atoms with E-state index in [1.807, 2.05) is 11.0 Å². The fraction of sp³-hybridized carbons (Fsp3) is 0.500. The zero-order chi connectivity index (χ0) is 13.0. The van der Waals surface area contributed by atoms with Gasteiger partial charge >= 0.3 is 5.97 Å². The van der Waals surface area contributed by atoms with Crippen LogP contribution in [0, 0.1) is 0 Å². The van der Waals surface area contributed by atoms with Crippen molar-refractivity contribution < 1.29 is 9.90 Å². The molecule has 2 rings (SSSR count). The fourth-order valence-electron chi connectivity index (χ4n) is 2.51. The third kappa shape index (κ3) is 3.55. The van der Waals surface area contributed by atoms with E-state index < -0.39 is 5.97 Å². The SMILES string of the molecule is CN(Cc1ccccc1)[C@H]1CCN(CC(=O)O)C1. The number of likely N-dealkylation sites (tertiary alicyclic amines) is 1. The van der Waals surface area contributed by atoms with Crippen LogP contribution in [0.4, 0.5) is 0 Å². The lowest BCUT2D eigenvalue weighted by molar-refractivity contribution is -0.138. The van der Waals surface area contributed by atoms with Crippen LogP contribution in [0.1, 0.15) is 12.0 Å². The van der Waals surface area contributed by atoms with Gasteiger partial charge in [-0.15, -0.1) is 0 Å². The first-order chi connectivity index (χ1) is 8.65. The molecule has 1 aromatic rings. The Labute approximate surface area is 108 Å². The minimum atomic E-state index is -0.735. The molecule has 0 saturated carbocycles. The molecule has 1 aliphatic heterocycles. The van der Waals surface area contributed by atoms with Crippen LogP contribution in [0.2, 0.25) is 0 Å². The zero-order valence-corrected chi connectivity index (χ0v) is 10.7. The predicted octanol–water partition coefficient (Wildman–Crippen LogP) is 1.28. The van der Waals surface area contributed by atoms with Gasteiger partial charge in [-0.05, 0) is 19.0 Å². The molecule has 98 valence electrons. The molecule has 1 N–H and O–H groups in total. The van der Waals surface area contributed by atoms with Crippen LogP contribution in [-0.4, -0.2) is 53.6 Å². The summed E-state index contributed by atoms with van der Waals surface area (Å²) in [6, 6.07) is 10.8. The summed E-state index contributed by atoms with van der Waals surface area (Å²) in [5, 5.41) is 8.78. The summed E-state index contributed by atoms with van der Waals surface area (Å²) in [4.78, 5) is 15.0. The number of likely N-dealkylation sites (N-methyl/N-ethyl adjacent to an activating group) is 1. The summed E-state index contributed by atoms with van der Waals surface area (Å²) >= 11 is 0. The first-order valence-corrected chi connectivity index (χ1v) is 6.33. The van der Waals surface area contributed by atoms with E-state index in [1.54, 1.807) is 0 Å². The molecular formula is C14H20N2O2. The smallest absolute Gasteiger partial charge is 0.317 e. The van der Waals surface area contributed by atoms with Gasteiger partial charge in [-0.1, -0.05) is 30.3 Å². The van der Waals surface area contributed by atoms with Crippen LogP contribution in [0.3, 0.4) is 0 Å². The normalized spacial score (nSPS) is 20.4. The van der Waals surface area contributed by atoms with E-state index in [4.69, 9.17) is 5.11 Å². The van der Waals surface area contributed by atoms with Gasteiger partial charge < -0.3 is 5.11 Å². The van der Waals surface area contributed by atoms with E-state index in [0.717, 1.165) is 26.1 Å². The van der Waals surface area contributed by atoms with Gasteiger partial charge in [0, 0.05) is 25.7 Å². The van der Waals surface area contributed by atoms with Crippen molar-refractivity contribution in [2.75, 3.05) is 26.7 Å². The van der Waals surface area contributed by atoms with Gasteiger partial charge in [-0.2, -0.15) is 0 Å². The third-order valence-electron chi connectivity index (χ3n) is 3.50. The molecule has 0 radical (unpaired) electrons. The number of carboxylic acids is 1. The van der Waals surface area contributed by atoms with Crippen molar-refractivity contribution in [2.45, 2.75) is 19.0 Å². The Morgan fingerprint density at radius 2 is 2.17 bits per heavy atom. The molecule has 0 amide bonds. The lowest BCUT2D eigenvalue weighted by Gasteiger charge is -2.24. The third-order valence-corrected chi connectivity index (χ3v) is 3.50. The Morgan fingerprint density at radius 1 is 1.44 bits per heavy atom. The van der Waals surface area contributed by atoms with Gasteiger partial charge in [0.05, 0.1) is 6.54 Å². The lowest BCUT2D eigenvalue weighted by atomic mass is 10.1. The van der Waals surface area contributed by atoms with E-state index >= 15 is 0 Å². The molecule has 1 heterocycles. The van der Waals surface area contributed by atoms with Crippen LogP contribution in [0.5, 0.6) is 0 Å². The van der Waals surface area contributed by atoms with Gasteiger partial charge in [0.1, 0.15) is 0 Å². The van der Waals surface area contributed by atoms with Crippen LogP contribution in [0.15, 0.2) is 30.3 Å². The summed E-state index contributed by atoms with van der Waals surface area (Å²) < 4.78 is 0. The Bertz CT molecular complexity index is 394. The monoisotopic (exact) mass is 248 g/mol. The number of carbonyl (C=O) groups is 1. The number of benzene rings is 1. The molecule has 0 bridgehead atoms. The molecule has 4 nitrogen and oxygen atoms in total. The zero-order valence-electron chi connectivity index (χ0n) is 10.7. The molecule has 18 heavy (non-hydrogen) atoms. The predicted molar refractivity (Wildman–Crippen MR) is 70.4 cm³/mol. The number of hydrogen-bond acceptors (Lipinski definition) is 3. The van der Waals surface area contributed by atoms with Crippen molar-refractivity contribution in [3.8, 4) is 0 Å². The van der Waals surface area contributed by atoms with Crippen molar-refractivity contribution >= 4 is 5.97 Å². The molecule has 1 atom stereocenters. The molecule has 1 aliphatic rings. The standard InChI is InChI=1S/C14H20N2O2/c1-15(9-12-5-3-2-4-6-12)13-7-8-16(10-13)11-14(17)18/h2-6,13H,7-11H2,1H3,(H,17,18)/t13-/m0/s1. The number of carboxylic acid groups (broad SMARTS) is 1. The largest absolute Gasteiger partial charge is 0.480 e. The Hall–Kier alpha value is -1.39. The Kier molecular flexibility index (Phi) is 4.33. The lowest BCUT2D eigenvalue weighted by Crippen LogP contribution is -2.35. The topological polar surface area (TPSA) is 43.8 Å². The molecule has 0 aromatic heterocycles. The van der Waals surface area contributed by atoms with Crippen molar-refractivity contribution in [2.24, 2.45) is 0 Å². The maximum atomic E-state index is 10.7. The molecular weight excluding hydrogens is 228 g/mol. The minimum absolute atomic E-state index is 0.162. The highest BCUT2D eigenvalue weighted by Crippen LogP contribution is 2.16. The first-order valence-electron chi connectivity index (χ1n) is 6.33. The first kappa shape index (κ1) is 13.1. The fourth-order valence-corrected chi connectivity index (χ4v) is 2.51. The quantitative estimate of drug-likeness (QED) is 0.852. The van der Waals surface area contributed by atoms with Crippen LogP contribution >= 0.6 is 0 Å². The van der Waals surface area contributed by atoms with E-state index in [0.29, 0.717) is 6.04 Å². The Balaban J connectivity index is 1.84. The Morgan fingerprint density at radius 3 is 2.83 bits per heavy atom. The molecule has 1 fully saturated rings. The minimum Gasteiger partial charge on any atom is -0.480 e. The van der Waals surface area contributed by atoms with E-state index in [9.17, 15) is 4.79 Å². The molecule has 0 spiro atoms. The summed E-state index contributed by atoms with van der Waals surface area (Å²) in [7, 11) is 2.11. The summed E-state index contributed by atoms with van der Waals surface area (Å²) in [5.74, 6) is -0.735.